The Morgan fingerprint density at radius 2 is 2.04 bits per heavy atom. The molecule has 2 heterocycles. The van der Waals surface area contributed by atoms with E-state index in [0.717, 1.165) is 11.3 Å². The van der Waals surface area contributed by atoms with Gasteiger partial charge >= 0.3 is 12.0 Å². The molecule has 1 saturated heterocycles. The zero-order chi connectivity index (χ0) is 18.0. The first-order valence-electron chi connectivity index (χ1n) is 8.28. The zero-order valence-corrected chi connectivity index (χ0v) is 14.3. The van der Waals surface area contributed by atoms with Gasteiger partial charge in [0.15, 0.2) is 0 Å². The van der Waals surface area contributed by atoms with Crippen molar-refractivity contribution in [3.05, 3.63) is 48.3 Å². The maximum atomic E-state index is 12.4. The number of aliphatic carboxylic acids is 1. The van der Waals surface area contributed by atoms with Gasteiger partial charge in [-0.2, -0.15) is 5.10 Å². The van der Waals surface area contributed by atoms with Crippen molar-refractivity contribution in [2.24, 2.45) is 5.41 Å². The Balaban J connectivity index is 1.61. The number of hydrogen-bond donors (Lipinski definition) is 2. The Kier molecular flexibility index (Phi) is 4.48. The van der Waals surface area contributed by atoms with Gasteiger partial charge in [-0.1, -0.05) is 12.1 Å². The molecule has 132 valence electrons. The van der Waals surface area contributed by atoms with Crippen LogP contribution in [-0.4, -0.2) is 44.9 Å². The molecule has 7 nitrogen and oxygen atoms in total. The molecule has 2 atom stereocenters. The van der Waals surface area contributed by atoms with E-state index in [1.54, 1.807) is 22.7 Å². The number of carbonyl (C=O) groups excluding carboxylic acids is 1. The molecule has 0 radical (unpaired) electrons. The second-order valence-electron chi connectivity index (χ2n) is 6.75. The molecule has 7 heteroatoms. The average Bonchev–Trinajstić information content (AvgIpc) is 3.25. The molecule has 25 heavy (non-hydrogen) atoms. The largest absolute Gasteiger partial charge is 0.481 e. The summed E-state index contributed by atoms with van der Waals surface area (Å²) in [6, 6.07) is 9.26. The van der Waals surface area contributed by atoms with E-state index in [-0.39, 0.29) is 18.6 Å². The smallest absolute Gasteiger partial charge is 0.317 e. The summed E-state index contributed by atoms with van der Waals surface area (Å²) in [6.07, 6.45) is 4.06. The summed E-state index contributed by atoms with van der Waals surface area (Å²) in [7, 11) is 0. The van der Waals surface area contributed by atoms with Gasteiger partial charge in [-0.15, -0.1) is 0 Å². The van der Waals surface area contributed by atoms with Crippen LogP contribution in [0.3, 0.4) is 0 Å². The van der Waals surface area contributed by atoms with Crippen molar-refractivity contribution >= 4 is 12.0 Å². The van der Waals surface area contributed by atoms with Gasteiger partial charge in [-0.05, 0) is 44.0 Å². The number of nitrogens with one attached hydrogen (secondary N) is 1. The summed E-state index contributed by atoms with van der Waals surface area (Å²) < 4.78 is 1.77. The first kappa shape index (κ1) is 17.0. The second-order valence-corrected chi connectivity index (χ2v) is 6.75. The van der Waals surface area contributed by atoms with Gasteiger partial charge < -0.3 is 15.3 Å². The number of aromatic nitrogens is 2. The summed E-state index contributed by atoms with van der Waals surface area (Å²) in [5.74, 6) is -0.856. The van der Waals surface area contributed by atoms with E-state index in [2.05, 4.69) is 10.4 Å². The minimum atomic E-state index is -0.856. The fourth-order valence-electron chi connectivity index (χ4n) is 3.01. The molecule has 1 aromatic carbocycles. The molecule has 1 aliphatic rings. The van der Waals surface area contributed by atoms with Crippen LogP contribution in [0.15, 0.2) is 42.7 Å². The van der Waals surface area contributed by atoms with Crippen LogP contribution in [0, 0.1) is 5.41 Å². The number of carbonyl (C=O) groups is 2. The van der Waals surface area contributed by atoms with Crippen LogP contribution in [0.2, 0.25) is 0 Å². The van der Waals surface area contributed by atoms with E-state index in [4.69, 9.17) is 0 Å². The van der Waals surface area contributed by atoms with Crippen molar-refractivity contribution in [1.29, 1.82) is 0 Å². The molecule has 0 aliphatic carbocycles. The maximum Gasteiger partial charge on any atom is 0.317 e. The van der Waals surface area contributed by atoms with Crippen LogP contribution in [-0.2, 0) is 4.79 Å². The summed E-state index contributed by atoms with van der Waals surface area (Å²) >= 11 is 0. The molecular weight excluding hydrogens is 320 g/mol. The number of hydrogen-bond acceptors (Lipinski definition) is 3. The van der Waals surface area contributed by atoms with Crippen LogP contribution in [0.5, 0.6) is 0 Å². The molecule has 2 amide bonds. The van der Waals surface area contributed by atoms with Crippen LogP contribution in [0.25, 0.3) is 5.69 Å². The standard InChI is InChI=1S/C18H22N4O3/c1-13(14-4-6-15(7-5-14)22-10-3-9-19-22)20-17(25)21-11-8-18(2,12-21)16(23)24/h3-7,9-10,13H,8,11-12H2,1-2H3,(H,20,25)(H,23,24). The third-order valence-corrected chi connectivity index (χ3v) is 4.78. The Labute approximate surface area is 146 Å². The minimum Gasteiger partial charge on any atom is -0.481 e. The lowest BCUT2D eigenvalue weighted by Gasteiger charge is -2.23. The van der Waals surface area contributed by atoms with Crippen LogP contribution in [0.1, 0.15) is 31.9 Å². The van der Waals surface area contributed by atoms with Gasteiger partial charge in [-0.3, -0.25) is 4.79 Å². The van der Waals surface area contributed by atoms with Crippen molar-refractivity contribution < 1.29 is 14.7 Å². The van der Waals surface area contributed by atoms with Crippen molar-refractivity contribution in [2.75, 3.05) is 13.1 Å². The minimum absolute atomic E-state index is 0.171. The molecule has 3 rings (SSSR count). The van der Waals surface area contributed by atoms with Gasteiger partial charge in [0.05, 0.1) is 17.1 Å². The Morgan fingerprint density at radius 3 is 2.60 bits per heavy atom. The number of nitrogens with zero attached hydrogens (tertiary/aromatic N) is 3. The maximum absolute atomic E-state index is 12.4. The number of carboxylic acid groups (broad SMARTS) is 1. The van der Waals surface area contributed by atoms with Crippen molar-refractivity contribution in [3.8, 4) is 5.69 Å². The quantitative estimate of drug-likeness (QED) is 0.893. The van der Waals surface area contributed by atoms with Crippen LogP contribution in [0.4, 0.5) is 4.79 Å². The van der Waals surface area contributed by atoms with Crippen molar-refractivity contribution in [1.82, 2.24) is 20.0 Å². The fourth-order valence-corrected chi connectivity index (χ4v) is 3.01. The van der Waals surface area contributed by atoms with E-state index in [0.29, 0.717) is 13.0 Å². The monoisotopic (exact) mass is 342 g/mol. The normalized spacial score (nSPS) is 21.1. The van der Waals surface area contributed by atoms with Gasteiger partial charge in [0.2, 0.25) is 0 Å². The summed E-state index contributed by atoms with van der Waals surface area (Å²) in [5.41, 5.74) is 1.07. The Bertz CT molecular complexity index is 757. The lowest BCUT2D eigenvalue weighted by molar-refractivity contribution is -0.147. The molecule has 1 aromatic heterocycles. The molecule has 2 aromatic rings. The fraction of sp³-hybridized carbons (Fsp3) is 0.389. The number of amides is 2. The molecule has 0 bridgehead atoms. The third-order valence-electron chi connectivity index (χ3n) is 4.78. The number of urea groups is 1. The van der Waals surface area contributed by atoms with Gasteiger partial charge in [0.25, 0.3) is 0 Å². The number of benzene rings is 1. The highest BCUT2D eigenvalue weighted by Crippen LogP contribution is 2.30. The highest BCUT2D eigenvalue weighted by molar-refractivity contribution is 5.79. The van der Waals surface area contributed by atoms with Gasteiger partial charge in [0, 0.05) is 25.5 Å². The Hall–Kier alpha value is -2.83. The van der Waals surface area contributed by atoms with E-state index in [1.165, 1.54) is 0 Å². The van der Waals surface area contributed by atoms with Gasteiger partial charge in [-0.25, -0.2) is 9.48 Å². The lowest BCUT2D eigenvalue weighted by Crippen LogP contribution is -2.41. The number of carboxylic acids is 1. The van der Waals surface area contributed by atoms with E-state index in [9.17, 15) is 14.7 Å². The summed E-state index contributed by atoms with van der Waals surface area (Å²) in [4.78, 5) is 25.3. The van der Waals surface area contributed by atoms with E-state index < -0.39 is 11.4 Å². The predicted octanol–water partition coefficient (Wildman–Crippen LogP) is 2.44. The zero-order valence-electron chi connectivity index (χ0n) is 14.3. The SMILES string of the molecule is CC(NC(=O)N1CCC(C)(C(=O)O)C1)c1ccc(-n2cccn2)cc1. The first-order chi connectivity index (χ1) is 11.9. The number of likely N-dealkylation sites (tertiary alicyclic amines) is 1. The van der Waals surface area contributed by atoms with Crippen LogP contribution >= 0.6 is 0 Å². The topological polar surface area (TPSA) is 87.5 Å². The molecule has 1 fully saturated rings. The first-order valence-corrected chi connectivity index (χ1v) is 8.28. The second kappa shape index (κ2) is 6.58. The molecule has 1 aliphatic heterocycles. The lowest BCUT2D eigenvalue weighted by atomic mass is 9.90. The predicted molar refractivity (Wildman–Crippen MR) is 92.4 cm³/mol. The number of rotatable bonds is 4. The molecule has 2 unspecified atom stereocenters. The highest BCUT2D eigenvalue weighted by atomic mass is 16.4. The summed E-state index contributed by atoms with van der Waals surface area (Å²) in [6.45, 7) is 4.28. The van der Waals surface area contributed by atoms with E-state index in [1.807, 2.05) is 43.5 Å². The van der Waals surface area contributed by atoms with E-state index >= 15 is 0 Å². The summed E-state index contributed by atoms with van der Waals surface area (Å²) in [5, 5.41) is 16.4. The third kappa shape index (κ3) is 3.50. The highest BCUT2D eigenvalue weighted by Gasteiger charge is 2.42. The van der Waals surface area contributed by atoms with Crippen LogP contribution < -0.4 is 5.32 Å². The average molecular weight is 342 g/mol. The Morgan fingerprint density at radius 1 is 1.32 bits per heavy atom. The molecule has 2 N–H and O–H groups in total. The molecule has 0 saturated carbocycles. The molecule has 0 spiro atoms. The van der Waals surface area contributed by atoms with Gasteiger partial charge in [0.1, 0.15) is 0 Å². The van der Waals surface area contributed by atoms with Crippen molar-refractivity contribution in [2.45, 2.75) is 26.3 Å². The van der Waals surface area contributed by atoms with Crippen molar-refractivity contribution in [3.63, 3.8) is 0 Å². The molecular formula is C18H22N4O3.